The second kappa shape index (κ2) is 5.28. The van der Waals surface area contributed by atoms with Crippen LogP contribution in [0.2, 0.25) is 0 Å². The third kappa shape index (κ3) is 7.14. The van der Waals surface area contributed by atoms with Crippen LogP contribution < -0.4 is 35.3 Å². The molecule has 0 aliphatic rings. The fourth-order valence-electron chi connectivity index (χ4n) is 0. The zero-order chi connectivity index (χ0) is 5.15. The van der Waals surface area contributed by atoms with E-state index in [1.807, 2.05) is 0 Å². The van der Waals surface area contributed by atoms with E-state index in [0.717, 1.165) is 0 Å². The third-order valence-electron chi connectivity index (χ3n) is 0.285. The molecule has 1 nitrogen and oxygen atoms in total. The monoisotopic (exact) mass is 143 g/mol. The molecule has 0 unspecified atom stereocenters. The Kier molecular flexibility index (Phi) is 8.30. The summed E-state index contributed by atoms with van der Waals surface area (Å²) in [5.41, 5.74) is 5.05. The first-order chi connectivity index (χ1) is 2.64. The smallest absolute Gasteiger partial charge is 0.735 e. The second-order valence-corrected chi connectivity index (χ2v) is 2.94. The Balaban J connectivity index is 0. The van der Waals surface area contributed by atoms with Gasteiger partial charge in [-0.15, -0.1) is 4.32 Å². The summed E-state index contributed by atoms with van der Waals surface area (Å²) in [6.45, 7) is 0. The molecule has 0 spiro atoms. The molecule has 36 valence electrons. The Bertz CT molecular complexity index is 144. The molecule has 0 saturated carbocycles. The van der Waals surface area contributed by atoms with Crippen molar-refractivity contribution in [3.05, 3.63) is 0 Å². The maximum Gasteiger partial charge on any atom is 1.00 e. The average Bonchev–Trinajstić information content (AvgIpc) is 1.36. The van der Waals surface area contributed by atoms with Gasteiger partial charge in [0.1, 0.15) is 0 Å². The molecule has 2 N–H and O–H groups in total. The van der Waals surface area contributed by atoms with Gasteiger partial charge in [0.15, 0.2) is 0 Å². The van der Waals surface area contributed by atoms with E-state index in [-0.39, 0.29) is 39.2 Å². The first kappa shape index (κ1) is 11.0. The van der Waals surface area contributed by atoms with E-state index in [4.69, 9.17) is 5.73 Å². The van der Waals surface area contributed by atoms with Crippen LogP contribution in [0, 0.1) is 0 Å². The van der Waals surface area contributed by atoms with Crippen LogP contribution in [0.4, 0.5) is 0 Å². The van der Waals surface area contributed by atoms with Gasteiger partial charge >= 0.3 is 29.6 Å². The molecule has 0 aliphatic heterocycles. The van der Waals surface area contributed by atoms with Gasteiger partial charge in [-0.1, -0.05) is 11.7 Å². The minimum absolute atomic E-state index is 0. The van der Waals surface area contributed by atoms with Crippen LogP contribution in [-0.4, -0.2) is 16.1 Å². The van der Waals surface area contributed by atoms with Gasteiger partial charge in [-0.05, 0) is 0 Å². The molecule has 0 rings (SSSR count). The predicted molar refractivity (Wildman–Crippen MR) is 38.4 cm³/mol. The van der Waals surface area contributed by atoms with Crippen molar-refractivity contribution in [3.63, 3.8) is 0 Å². The molecule has 0 aromatic carbocycles. The fraction of sp³-hybridized carbons (Fsp3) is 0. The first-order valence-corrected chi connectivity index (χ1v) is 3.25. The Morgan fingerprint density at radius 1 is 1.57 bits per heavy atom. The average molecular weight is 143 g/mol. The molecule has 0 saturated heterocycles. The predicted octanol–water partition coefficient (Wildman–Crippen LogP) is -3.28. The Morgan fingerprint density at radius 3 is 1.71 bits per heavy atom. The molecule has 0 aromatic rings. The van der Waals surface area contributed by atoms with Gasteiger partial charge in [-0.3, -0.25) is 0 Å². The minimum atomic E-state index is -0.358. The van der Waals surface area contributed by atoms with Crippen molar-refractivity contribution in [2.45, 2.75) is 0 Å². The Labute approximate surface area is 73.1 Å². The van der Waals surface area contributed by atoms with Crippen molar-refractivity contribution in [2.75, 3.05) is 0 Å². The number of hydrogen-bond donors (Lipinski definition) is 1. The summed E-state index contributed by atoms with van der Waals surface area (Å²) >= 11 is 4.48. The van der Waals surface area contributed by atoms with Crippen LogP contribution in [0.5, 0.6) is 0 Å². The van der Waals surface area contributed by atoms with Gasteiger partial charge in [0.25, 0.3) is 0 Å². The summed E-state index contributed by atoms with van der Waals surface area (Å²) in [4.78, 5) is 0. The van der Waals surface area contributed by atoms with Crippen LogP contribution >= 0.6 is 9.66 Å². The second-order valence-electron chi connectivity index (χ2n) is 0.812. The van der Waals surface area contributed by atoms with Crippen molar-refractivity contribution in [3.8, 4) is 0 Å². The molecule has 0 bridgehead atoms. The van der Waals surface area contributed by atoms with Gasteiger partial charge in [0, 0.05) is 0 Å². The molecule has 0 atom stereocenters. The molecule has 4 heteroatoms. The summed E-state index contributed by atoms with van der Waals surface area (Å²) in [5, 5.41) is 0. The Hall–Kier alpha value is 1.14. The van der Waals surface area contributed by atoms with Crippen LogP contribution in [0.1, 0.15) is 0 Å². The molecular weight excluding hydrogens is 137 g/mol. The van der Waals surface area contributed by atoms with Crippen LogP contribution in [-0.2, 0) is 12.6 Å². The number of rotatable bonds is 0. The van der Waals surface area contributed by atoms with Crippen molar-refractivity contribution in [1.82, 2.24) is 0 Å². The molecule has 0 fully saturated rings. The maximum absolute atomic E-state index is 5.05. The maximum atomic E-state index is 5.05. The van der Waals surface area contributed by atoms with E-state index in [1.165, 1.54) is 0 Å². The van der Waals surface area contributed by atoms with Crippen molar-refractivity contribution in [1.29, 1.82) is 0 Å². The topological polar surface area (TPSA) is 26.0 Å². The standard InChI is InChI=1S/C3H7NS2.Na/c1-6(2)3(4)5;/h5H,1-2,4H2;/q;+1/p-1. The Morgan fingerprint density at radius 2 is 1.71 bits per heavy atom. The number of hydrogen-bond acceptors (Lipinski definition) is 1. The molecule has 0 aliphatic carbocycles. The summed E-state index contributed by atoms with van der Waals surface area (Å²) < 4.78 is 0.398. The summed E-state index contributed by atoms with van der Waals surface area (Å²) in [7, 11) is -0.358. The molecule has 0 aromatic heterocycles. The van der Waals surface area contributed by atoms with E-state index in [0.29, 0.717) is 4.32 Å². The quantitative estimate of drug-likeness (QED) is 0.219. The fourth-order valence-corrected chi connectivity index (χ4v) is 0. The number of nitrogens with two attached hydrogens (primary N) is 1. The zero-order valence-corrected chi connectivity index (χ0v) is 7.94. The zero-order valence-electron chi connectivity index (χ0n) is 4.31. The van der Waals surface area contributed by atoms with E-state index in [2.05, 4.69) is 24.4 Å². The molecular formula is C3H6NNaS2. The summed E-state index contributed by atoms with van der Waals surface area (Å²) in [5.74, 6) is 6.98. The van der Waals surface area contributed by atoms with Gasteiger partial charge in [-0.25, -0.2) is 9.66 Å². The van der Waals surface area contributed by atoms with Gasteiger partial charge in [0.05, 0.1) is 0 Å². The van der Waals surface area contributed by atoms with E-state index < -0.39 is 0 Å². The van der Waals surface area contributed by atoms with Gasteiger partial charge in [-0.2, -0.15) is 0 Å². The van der Waals surface area contributed by atoms with Crippen LogP contribution in [0.15, 0.2) is 0 Å². The van der Waals surface area contributed by atoms with E-state index >= 15 is 0 Å². The van der Waals surface area contributed by atoms with E-state index in [9.17, 15) is 0 Å². The largest absolute Gasteiger partial charge is 1.00 e. The normalized spacial score (nSPS) is 6.57. The van der Waals surface area contributed by atoms with Crippen molar-refractivity contribution >= 4 is 38.4 Å². The molecule has 7 heavy (non-hydrogen) atoms. The molecule has 0 radical (unpaired) electrons. The van der Waals surface area contributed by atoms with Crippen LogP contribution in [0.3, 0.4) is 0 Å². The first-order valence-electron chi connectivity index (χ1n) is 1.27. The SMILES string of the molecule is C=S(=C)=C(N)[S-].[Na+]. The third-order valence-corrected chi connectivity index (χ3v) is 1.56. The van der Waals surface area contributed by atoms with Crippen molar-refractivity contribution < 1.29 is 29.6 Å². The van der Waals surface area contributed by atoms with Gasteiger partial charge in [0.2, 0.25) is 0 Å². The van der Waals surface area contributed by atoms with Crippen LogP contribution in [0.25, 0.3) is 0 Å². The molecule has 0 heterocycles. The molecule has 0 amide bonds. The van der Waals surface area contributed by atoms with Crippen molar-refractivity contribution in [2.24, 2.45) is 5.73 Å². The van der Waals surface area contributed by atoms with Gasteiger partial charge < -0.3 is 18.4 Å². The minimum Gasteiger partial charge on any atom is -0.735 e. The summed E-state index contributed by atoms with van der Waals surface area (Å²) in [6, 6.07) is 0. The van der Waals surface area contributed by atoms with E-state index in [1.54, 1.807) is 0 Å². The summed E-state index contributed by atoms with van der Waals surface area (Å²) in [6.07, 6.45) is 0.